The van der Waals surface area contributed by atoms with Crippen LogP contribution in [0.3, 0.4) is 0 Å². The Morgan fingerprint density at radius 3 is 2.11 bits per heavy atom. The average Bonchev–Trinajstić information content (AvgIpc) is 3.27. The van der Waals surface area contributed by atoms with Gasteiger partial charge >= 0.3 is 0 Å². The highest BCUT2D eigenvalue weighted by Crippen LogP contribution is 2.39. The molecule has 1 N–H and O–H groups in total. The van der Waals surface area contributed by atoms with Gasteiger partial charge in [0.2, 0.25) is 0 Å². The van der Waals surface area contributed by atoms with Crippen molar-refractivity contribution in [1.29, 1.82) is 0 Å². The summed E-state index contributed by atoms with van der Waals surface area (Å²) in [5.74, 6) is 1.94. The summed E-state index contributed by atoms with van der Waals surface area (Å²) in [6, 6.07) is 14.1. The van der Waals surface area contributed by atoms with Gasteiger partial charge in [-0.1, -0.05) is 51.2 Å². The molecular formula is C28H37NO6Si. The largest absolute Gasteiger partial charge is 0.496 e. The number of amides is 1. The molecule has 36 heavy (non-hydrogen) atoms. The highest BCUT2D eigenvalue weighted by molar-refractivity contribution is 6.89. The summed E-state index contributed by atoms with van der Waals surface area (Å²) < 4.78 is 27.9. The number of rotatable bonds is 9. The van der Waals surface area contributed by atoms with Crippen molar-refractivity contribution in [2.45, 2.75) is 46.8 Å². The molecule has 0 fully saturated rings. The van der Waals surface area contributed by atoms with Crippen LogP contribution in [0.5, 0.6) is 28.9 Å². The van der Waals surface area contributed by atoms with Crippen LogP contribution < -0.4 is 29.5 Å². The molecule has 0 unspecified atom stereocenters. The van der Waals surface area contributed by atoms with E-state index >= 15 is 0 Å². The summed E-state index contributed by atoms with van der Waals surface area (Å²) in [6.45, 7) is 13.6. The fourth-order valence-corrected chi connectivity index (χ4v) is 8.38. The molecule has 1 heterocycles. The lowest BCUT2D eigenvalue weighted by Crippen LogP contribution is -2.44. The van der Waals surface area contributed by atoms with E-state index in [2.05, 4.69) is 57.4 Å². The van der Waals surface area contributed by atoms with Gasteiger partial charge in [-0.3, -0.25) is 4.79 Å². The first-order valence-electron chi connectivity index (χ1n) is 11.9. The first-order valence-corrected chi connectivity index (χ1v) is 15.1. The van der Waals surface area contributed by atoms with Crippen molar-refractivity contribution in [3.05, 3.63) is 53.8 Å². The molecule has 1 amide bonds. The lowest BCUT2D eigenvalue weighted by molar-refractivity contribution is 0.0991. The van der Waals surface area contributed by atoms with Crippen molar-refractivity contribution in [3.63, 3.8) is 0 Å². The van der Waals surface area contributed by atoms with Crippen LogP contribution in [-0.2, 0) is 0 Å². The first kappa shape index (κ1) is 27.2. The molecule has 7 nitrogen and oxygen atoms in total. The Hall–Kier alpha value is -3.39. The van der Waals surface area contributed by atoms with E-state index in [1.807, 2.05) is 6.92 Å². The number of furan rings is 1. The molecule has 0 aliphatic rings. The molecular weight excluding hydrogens is 474 g/mol. The third-order valence-electron chi connectivity index (χ3n) is 5.91. The van der Waals surface area contributed by atoms with Crippen LogP contribution in [0.1, 0.15) is 36.9 Å². The van der Waals surface area contributed by atoms with E-state index in [1.54, 1.807) is 31.4 Å². The Balaban J connectivity index is 1.81. The number of benzene rings is 2. The lowest BCUT2D eigenvalue weighted by Gasteiger charge is -2.31. The van der Waals surface area contributed by atoms with Crippen molar-refractivity contribution in [3.8, 4) is 28.9 Å². The van der Waals surface area contributed by atoms with Crippen LogP contribution in [0.2, 0.25) is 19.1 Å². The van der Waals surface area contributed by atoms with E-state index in [9.17, 15) is 4.79 Å². The Bertz CT molecular complexity index is 1200. The van der Waals surface area contributed by atoms with Crippen LogP contribution in [0.15, 0.2) is 46.9 Å². The second-order valence-electron chi connectivity index (χ2n) is 10.7. The van der Waals surface area contributed by atoms with Gasteiger partial charge in [0.05, 0.1) is 29.4 Å². The number of carbonyl (C=O) groups excluding carboxylic acids is 1. The topological polar surface area (TPSA) is 79.2 Å². The third kappa shape index (κ3) is 6.43. The fraction of sp³-hybridized carbons (Fsp3) is 0.393. The summed E-state index contributed by atoms with van der Waals surface area (Å²) in [5, 5.41) is 4.12. The van der Waals surface area contributed by atoms with E-state index < -0.39 is 14.0 Å². The lowest BCUT2D eigenvalue weighted by atomic mass is 10.0. The van der Waals surface area contributed by atoms with Crippen molar-refractivity contribution in [2.75, 3.05) is 26.6 Å². The maximum Gasteiger partial charge on any atom is 0.291 e. The molecule has 1 aromatic heterocycles. The van der Waals surface area contributed by atoms with Crippen LogP contribution in [0.4, 0.5) is 5.69 Å². The Morgan fingerprint density at radius 1 is 0.917 bits per heavy atom. The zero-order chi connectivity index (χ0) is 26.7. The fourth-order valence-electron chi connectivity index (χ4n) is 4.47. The Labute approximate surface area is 214 Å². The first-order chi connectivity index (χ1) is 16.9. The van der Waals surface area contributed by atoms with E-state index in [4.69, 9.17) is 23.4 Å². The van der Waals surface area contributed by atoms with E-state index in [0.717, 1.165) is 17.4 Å². The minimum atomic E-state index is -1.67. The van der Waals surface area contributed by atoms with Crippen molar-refractivity contribution < 1.29 is 28.2 Å². The molecule has 0 radical (unpaired) electrons. The highest BCUT2D eigenvalue weighted by Gasteiger charge is 2.30. The molecule has 0 atom stereocenters. The van der Waals surface area contributed by atoms with Gasteiger partial charge in [-0.25, -0.2) is 0 Å². The quantitative estimate of drug-likeness (QED) is 0.325. The van der Waals surface area contributed by atoms with Crippen molar-refractivity contribution >= 4 is 24.9 Å². The number of methoxy groups -OCH3 is 3. The highest BCUT2D eigenvalue weighted by atomic mass is 28.3. The molecule has 0 spiro atoms. The molecule has 194 valence electrons. The van der Waals surface area contributed by atoms with Crippen molar-refractivity contribution in [2.24, 2.45) is 5.41 Å². The Morgan fingerprint density at radius 2 is 1.56 bits per heavy atom. The van der Waals surface area contributed by atoms with Gasteiger partial charge in [-0.05, 0) is 36.1 Å². The van der Waals surface area contributed by atoms with Gasteiger partial charge in [0.1, 0.15) is 28.7 Å². The van der Waals surface area contributed by atoms with E-state index in [0.29, 0.717) is 22.9 Å². The zero-order valence-electron chi connectivity index (χ0n) is 22.7. The summed E-state index contributed by atoms with van der Waals surface area (Å²) >= 11 is 0. The van der Waals surface area contributed by atoms with Gasteiger partial charge in [0, 0.05) is 18.2 Å². The van der Waals surface area contributed by atoms with Gasteiger partial charge in [-0.2, -0.15) is 0 Å². The Kier molecular flexibility index (Phi) is 8.08. The molecule has 8 heteroatoms. The molecule has 3 aromatic rings. The van der Waals surface area contributed by atoms with Crippen molar-refractivity contribution in [1.82, 2.24) is 0 Å². The summed E-state index contributed by atoms with van der Waals surface area (Å²) in [5.41, 5.74) is 1.62. The van der Waals surface area contributed by atoms with Gasteiger partial charge < -0.3 is 28.7 Å². The number of nitrogens with one attached hydrogen (secondary N) is 1. The predicted molar refractivity (Wildman–Crippen MR) is 145 cm³/mol. The second kappa shape index (κ2) is 10.7. The monoisotopic (exact) mass is 511 g/mol. The normalized spacial score (nSPS) is 11.7. The second-order valence-corrected chi connectivity index (χ2v) is 15.4. The molecule has 0 aliphatic heterocycles. The zero-order valence-corrected chi connectivity index (χ0v) is 23.7. The standard InChI is InChI=1S/C28H37NO6Si/c1-18-10-11-20(36(8,9)17-28(2,3)4)16-22(18)35-25-13-12-21(34-25)27(30)29-26-23(32-6)14-19(31-5)15-24(26)33-7/h10-16H,17H2,1-9H3,(H,29,30). The summed E-state index contributed by atoms with van der Waals surface area (Å²) in [7, 11) is 2.88. The van der Waals surface area contributed by atoms with E-state index in [1.165, 1.54) is 19.4 Å². The number of hydrogen-bond acceptors (Lipinski definition) is 6. The SMILES string of the molecule is COc1cc(OC)c(NC(=O)c2ccc(Oc3cc([Si](C)(C)CC(C)(C)C)ccc3C)o2)c(OC)c1. The number of ether oxygens (including phenoxy) is 4. The minimum Gasteiger partial charge on any atom is -0.496 e. The maximum atomic E-state index is 13.0. The number of hydrogen-bond donors (Lipinski definition) is 1. The predicted octanol–water partition coefficient (Wildman–Crippen LogP) is 6.62. The molecule has 2 aromatic carbocycles. The molecule has 0 aliphatic carbocycles. The third-order valence-corrected chi connectivity index (χ3v) is 9.73. The maximum absolute atomic E-state index is 13.0. The van der Waals surface area contributed by atoms with Gasteiger partial charge in [0.15, 0.2) is 5.76 Å². The smallest absolute Gasteiger partial charge is 0.291 e. The average molecular weight is 512 g/mol. The molecule has 0 bridgehead atoms. The minimum absolute atomic E-state index is 0.0983. The van der Waals surface area contributed by atoms with Crippen LogP contribution >= 0.6 is 0 Å². The summed E-state index contributed by atoms with van der Waals surface area (Å²) in [4.78, 5) is 13.0. The van der Waals surface area contributed by atoms with Gasteiger partial charge in [0.25, 0.3) is 11.9 Å². The van der Waals surface area contributed by atoms with Crippen LogP contribution in [0, 0.1) is 12.3 Å². The van der Waals surface area contributed by atoms with E-state index in [-0.39, 0.29) is 17.1 Å². The number of anilines is 1. The number of aryl methyl sites for hydroxylation is 1. The van der Waals surface area contributed by atoms with Gasteiger partial charge in [-0.15, -0.1) is 0 Å². The molecule has 0 saturated carbocycles. The molecule has 3 rings (SSSR count). The summed E-state index contributed by atoms with van der Waals surface area (Å²) in [6.07, 6.45) is 0. The molecule has 0 saturated heterocycles. The number of carbonyl (C=O) groups is 1. The van der Waals surface area contributed by atoms with Crippen LogP contribution in [0.25, 0.3) is 0 Å². The van der Waals surface area contributed by atoms with Crippen LogP contribution in [-0.4, -0.2) is 35.3 Å².